The largest absolute Gasteiger partial charge is 0.378 e. The Balaban J connectivity index is 1.72. The van der Waals surface area contributed by atoms with Gasteiger partial charge >= 0.3 is 0 Å². The quantitative estimate of drug-likeness (QED) is 0.645. The number of ether oxygens (including phenoxy) is 2. The molecule has 1 N–H and O–H groups in total. The first-order valence-corrected chi connectivity index (χ1v) is 8.16. The first-order chi connectivity index (χ1) is 11.6. The molecule has 24 heavy (non-hydrogen) atoms. The minimum atomic E-state index is -0.443. The molecule has 130 valence electrons. The van der Waals surface area contributed by atoms with E-state index in [1.54, 1.807) is 12.1 Å². The molecular weight excluding hydrogens is 314 g/mol. The lowest BCUT2D eigenvalue weighted by atomic mass is 10.1. The summed E-state index contributed by atoms with van der Waals surface area (Å²) in [5, 5.41) is 14.2. The summed E-state index contributed by atoms with van der Waals surface area (Å²) in [6.07, 6.45) is 1.97. The fourth-order valence-electron chi connectivity index (χ4n) is 3.00. The summed E-state index contributed by atoms with van der Waals surface area (Å²) in [6.45, 7) is 3.44. The minimum absolute atomic E-state index is 0.0385. The van der Waals surface area contributed by atoms with Gasteiger partial charge < -0.3 is 19.7 Å². The molecule has 2 heterocycles. The molecule has 0 bridgehead atoms. The Morgan fingerprint density at radius 3 is 2.79 bits per heavy atom. The molecule has 3 rings (SSSR count). The molecule has 2 aliphatic rings. The van der Waals surface area contributed by atoms with E-state index in [1.165, 1.54) is 6.07 Å². The monoisotopic (exact) mass is 335 g/mol. The molecule has 0 spiro atoms. The first kappa shape index (κ1) is 16.7. The zero-order chi connectivity index (χ0) is 16.9. The normalized spacial score (nSPS) is 20.8. The standard InChI is InChI=1S/C16H21N3O5/c20-16(17-11-13-2-1-7-24-13)12-3-4-14(15(10-12)19(21)22)18-5-8-23-9-6-18/h3-4,10,13H,1-2,5-9,11H2,(H,17,20)/t13-/m1/s1. The van der Waals surface area contributed by atoms with Crippen molar-refractivity contribution in [1.29, 1.82) is 0 Å². The van der Waals surface area contributed by atoms with E-state index < -0.39 is 4.92 Å². The number of anilines is 1. The van der Waals surface area contributed by atoms with Gasteiger partial charge in [0.1, 0.15) is 5.69 Å². The predicted octanol–water partition coefficient (Wildman–Crippen LogP) is 1.34. The predicted molar refractivity (Wildman–Crippen MR) is 87.4 cm³/mol. The van der Waals surface area contributed by atoms with E-state index in [4.69, 9.17) is 9.47 Å². The van der Waals surface area contributed by atoms with Crippen molar-refractivity contribution in [3.8, 4) is 0 Å². The SMILES string of the molecule is O=C(NC[C@H]1CCCO1)c1ccc(N2CCOCC2)c([N+](=O)[O-])c1. The van der Waals surface area contributed by atoms with Crippen LogP contribution in [0.3, 0.4) is 0 Å². The Labute approximate surface area is 139 Å². The van der Waals surface area contributed by atoms with Crippen molar-refractivity contribution in [2.75, 3.05) is 44.4 Å². The molecule has 2 fully saturated rings. The highest BCUT2D eigenvalue weighted by Gasteiger charge is 2.24. The number of hydrogen-bond acceptors (Lipinski definition) is 6. The molecule has 2 aliphatic heterocycles. The maximum atomic E-state index is 12.2. The van der Waals surface area contributed by atoms with E-state index in [-0.39, 0.29) is 23.3 Å². The number of nitro benzene ring substituents is 1. The Morgan fingerprint density at radius 2 is 2.12 bits per heavy atom. The van der Waals surface area contributed by atoms with E-state index in [1.807, 2.05) is 4.90 Å². The summed E-state index contributed by atoms with van der Waals surface area (Å²) in [5.41, 5.74) is 0.761. The summed E-state index contributed by atoms with van der Waals surface area (Å²) in [4.78, 5) is 25.1. The zero-order valence-electron chi connectivity index (χ0n) is 13.4. The van der Waals surface area contributed by atoms with E-state index in [0.29, 0.717) is 38.5 Å². The molecule has 1 aromatic carbocycles. The lowest BCUT2D eigenvalue weighted by Crippen LogP contribution is -2.36. The third kappa shape index (κ3) is 3.82. The molecular formula is C16H21N3O5. The van der Waals surface area contributed by atoms with Crippen LogP contribution >= 0.6 is 0 Å². The van der Waals surface area contributed by atoms with Gasteiger partial charge in [-0.05, 0) is 25.0 Å². The molecule has 0 saturated carbocycles. The average Bonchev–Trinajstić information content (AvgIpc) is 3.13. The van der Waals surface area contributed by atoms with Crippen LogP contribution in [0.5, 0.6) is 0 Å². The Kier molecular flexibility index (Phi) is 5.27. The van der Waals surface area contributed by atoms with Crippen LogP contribution in [0.25, 0.3) is 0 Å². The fourth-order valence-corrected chi connectivity index (χ4v) is 3.00. The van der Waals surface area contributed by atoms with Crippen LogP contribution in [0, 0.1) is 10.1 Å². The first-order valence-electron chi connectivity index (χ1n) is 8.16. The number of morpholine rings is 1. The van der Waals surface area contributed by atoms with Crippen molar-refractivity contribution >= 4 is 17.3 Å². The molecule has 8 heteroatoms. The maximum Gasteiger partial charge on any atom is 0.293 e. The highest BCUT2D eigenvalue weighted by atomic mass is 16.6. The van der Waals surface area contributed by atoms with Crippen LogP contribution in [-0.4, -0.2) is 56.4 Å². The van der Waals surface area contributed by atoms with Gasteiger partial charge in [0.2, 0.25) is 0 Å². The summed E-state index contributed by atoms with van der Waals surface area (Å²) in [7, 11) is 0. The van der Waals surface area contributed by atoms with Crippen molar-refractivity contribution in [1.82, 2.24) is 5.32 Å². The number of nitrogens with zero attached hydrogens (tertiary/aromatic N) is 2. The summed E-state index contributed by atoms with van der Waals surface area (Å²) in [6, 6.07) is 4.61. The Morgan fingerprint density at radius 1 is 1.33 bits per heavy atom. The molecule has 8 nitrogen and oxygen atoms in total. The van der Waals surface area contributed by atoms with Gasteiger partial charge in [-0.2, -0.15) is 0 Å². The number of benzene rings is 1. The van der Waals surface area contributed by atoms with Crippen LogP contribution in [0.15, 0.2) is 18.2 Å². The van der Waals surface area contributed by atoms with Gasteiger partial charge in [-0.3, -0.25) is 14.9 Å². The van der Waals surface area contributed by atoms with Crippen molar-refractivity contribution in [3.05, 3.63) is 33.9 Å². The lowest BCUT2D eigenvalue weighted by molar-refractivity contribution is -0.384. The average molecular weight is 335 g/mol. The molecule has 2 saturated heterocycles. The van der Waals surface area contributed by atoms with Gasteiger partial charge in [0, 0.05) is 37.9 Å². The molecule has 0 radical (unpaired) electrons. The summed E-state index contributed by atoms with van der Waals surface area (Å²) >= 11 is 0. The van der Waals surface area contributed by atoms with E-state index in [9.17, 15) is 14.9 Å². The van der Waals surface area contributed by atoms with Gasteiger partial charge in [0.05, 0.1) is 24.2 Å². The summed E-state index contributed by atoms with van der Waals surface area (Å²) in [5.74, 6) is -0.317. The summed E-state index contributed by atoms with van der Waals surface area (Å²) < 4.78 is 10.7. The van der Waals surface area contributed by atoms with Crippen LogP contribution in [0.4, 0.5) is 11.4 Å². The number of rotatable bonds is 5. The van der Waals surface area contributed by atoms with Crippen LogP contribution in [0.2, 0.25) is 0 Å². The zero-order valence-corrected chi connectivity index (χ0v) is 13.4. The third-order valence-corrected chi connectivity index (χ3v) is 4.30. The Hall–Kier alpha value is -2.19. The topological polar surface area (TPSA) is 93.9 Å². The lowest BCUT2D eigenvalue weighted by Gasteiger charge is -2.28. The van der Waals surface area contributed by atoms with Gasteiger partial charge in [-0.25, -0.2) is 0 Å². The van der Waals surface area contributed by atoms with Crippen molar-refractivity contribution < 1.29 is 19.2 Å². The number of carbonyl (C=O) groups is 1. The smallest absolute Gasteiger partial charge is 0.293 e. The molecule has 0 unspecified atom stereocenters. The van der Waals surface area contributed by atoms with E-state index in [2.05, 4.69) is 5.32 Å². The van der Waals surface area contributed by atoms with Gasteiger partial charge in [0.15, 0.2) is 0 Å². The highest BCUT2D eigenvalue weighted by molar-refractivity contribution is 5.95. The van der Waals surface area contributed by atoms with Gasteiger partial charge in [0.25, 0.3) is 11.6 Å². The Bertz CT molecular complexity index is 610. The number of carbonyl (C=O) groups excluding carboxylic acids is 1. The van der Waals surface area contributed by atoms with Crippen LogP contribution in [0.1, 0.15) is 23.2 Å². The number of hydrogen-bond donors (Lipinski definition) is 1. The highest BCUT2D eigenvalue weighted by Crippen LogP contribution is 2.30. The number of amides is 1. The fraction of sp³-hybridized carbons (Fsp3) is 0.562. The number of nitrogens with one attached hydrogen (secondary N) is 1. The van der Waals surface area contributed by atoms with E-state index >= 15 is 0 Å². The van der Waals surface area contributed by atoms with Crippen LogP contribution < -0.4 is 10.2 Å². The van der Waals surface area contributed by atoms with Crippen molar-refractivity contribution in [2.45, 2.75) is 18.9 Å². The number of nitro groups is 1. The minimum Gasteiger partial charge on any atom is -0.378 e. The third-order valence-electron chi connectivity index (χ3n) is 4.30. The second-order valence-electron chi connectivity index (χ2n) is 5.91. The molecule has 1 atom stereocenters. The molecule has 0 aromatic heterocycles. The molecule has 1 amide bonds. The van der Waals surface area contributed by atoms with E-state index in [0.717, 1.165) is 19.4 Å². The van der Waals surface area contributed by atoms with Crippen molar-refractivity contribution in [3.63, 3.8) is 0 Å². The second-order valence-corrected chi connectivity index (χ2v) is 5.91. The van der Waals surface area contributed by atoms with Gasteiger partial charge in [-0.15, -0.1) is 0 Å². The van der Waals surface area contributed by atoms with Gasteiger partial charge in [-0.1, -0.05) is 0 Å². The molecule has 1 aromatic rings. The maximum absolute atomic E-state index is 12.2. The van der Waals surface area contributed by atoms with Crippen molar-refractivity contribution in [2.24, 2.45) is 0 Å². The second kappa shape index (κ2) is 7.59. The van der Waals surface area contributed by atoms with Crippen LogP contribution in [-0.2, 0) is 9.47 Å². The molecule has 0 aliphatic carbocycles.